The number of amides is 2. The van der Waals surface area contributed by atoms with E-state index < -0.39 is 5.41 Å². The number of hydrogen-bond donors (Lipinski definition) is 0. The molecule has 1 atom stereocenters. The van der Waals surface area contributed by atoms with Gasteiger partial charge in [0.2, 0.25) is 11.8 Å². The zero-order valence-electron chi connectivity index (χ0n) is 17.1. The van der Waals surface area contributed by atoms with E-state index in [9.17, 15) is 9.59 Å². The molecule has 0 spiro atoms. The maximum Gasteiger partial charge on any atom is 0.230 e. The second kappa shape index (κ2) is 8.91. The minimum Gasteiger partial charge on any atom is -0.348 e. The minimum atomic E-state index is -0.557. The quantitative estimate of drug-likeness (QED) is 0.721. The number of benzene rings is 1. The molecule has 1 aromatic heterocycles. The van der Waals surface area contributed by atoms with Crippen molar-refractivity contribution in [3.63, 3.8) is 0 Å². The third-order valence-electron chi connectivity index (χ3n) is 5.59. The van der Waals surface area contributed by atoms with Gasteiger partial charge in [-0.3, -0.25) is 9.59 Å². The van der Waals surface area contributed by atoms with E-state index >= 15 is 0 Å². The highest BCUT2D eigenvalue weighted by molar-refractivity contribution is 7.13. The Morgan fingerprint density at radius 3 is 2.64 bits per heavy atom. The van der Waals surface area contributed by atoms with Crippen LogP contribution in [0.3, 0.4) is 0 Å². The van der Waals surface area contributed by atoms with Gasteiger partial charge in [0.25, 0.3) is 0 Å². The topological polar surface area (TPSA) is 40.6 Å². The number of hydrogen-bond acceptors (Lipinski definition) is 3. The van der Waals surface area contributed by atoms with Crippen LogP contribution in [0.4, 0.5) is 0 Å². The van der Waals surface area contributed by atoms with Crippen molar-refractivity contribution in [1.29, 1.82) is 0 Å². The molecule has 1 aromatic carbocycles. The molecule has 0 N–H and O–H groups in total. The Morgan fingerprint density at radius 1 is 1.18 bits per heavy atom. The molecule has 4 nitrogen and oxygen atoms in total. The number of nitrogens with zero attached hydrogens (tertiary/aromatic N) is 2. The molecule has 1 saturated heterocycles. The lowest BCUT2D eigenvalue weighted by molar-refractivity contribution is -0.147. The molecule has 0 bridgehead atoms. The SMILES string of the molecule is CCCC(=O)N1CCC[C@](Cc2ccccc2-c2cccs2)(C(=O)N(C)C)C1. The van der Waals surface area contributed by atoms with Gasteiger partial charge in [-0.25, -0.2) is 0 Å². The van der Waals surface area contributed by atoms with Gasteiger partial charge in [-0.1, -0.05) is 37.3 Å². The zero-order valence-corrected chi connectivity index (χ0v) is 17.9. The number of piperidine rings is 1. The summed E-state index contributed by atoms with van der Waals surface area (Å²) in [5.74, 6) is 0.298. The number of carbonyl (C=O) groups is 2. The molecule has 0 radical (unpaired) electrons. The zero-order chi connectivity index (χ0) is 20.1. The van der Waals surface area contributed by atoms with Crippen LogP contribution in [-0.4, -0.2) is 48.8 Å². The predicted octanol–water partition coefficient (Wildman–Crippen LogP) is 4.45. The van der Waals surface area contributed by atoms with Crippen molar-refractivity contribution in [1.82, 2.24) is 9.80 Å². The van der Waals surface area contributed by atoms with Crippen LogP contribution in [0.2, 0.25) is 0 Å². The molecule has 0 unspecified atom stereocenters. The fourth-order valence-electron chi connectivity index (χ4n) is 4.30. The predicted molar refractivity (Wildman–Crippen MR) is 115 cm³/mol. The van der Waals surface area contributed by atoms with Crippen LogP contribution in [0.5, 0.6) is 0 Å². The molecular formula is C23H30N2O2S. The maximum atomic E-state index is 13.3. The summed E-state index contributed by atoms with van der Waals surface area (Å²) in [6.45, 7) is 3.30. The molecule has 5 heteroatoms. The van der Waals surface area contributed by atoms with Crippen LogP contribution in [0.15, 0.2) is 41.8 Å². The fourth-order valence-corrected chi connectivity index (χ4v) is 5.08. The highest BCUT2D eigenvalue weighted by Gasteiger charge is 2.44. The van der Waals surface area contributed by atoms with Gasteiger partial charge in [0.1, 0.15) is 0 Å². The summed E-state index contributed by atoms with van der Waals surface area (Å²) in [6, 6.07) is 12.6. The highest BCUT2D eigenvalue weighted by Crippen LogP contribution is 2.39. The van der Waals surface area contributed by atoms with E-state index in [1.807, 2.05) is 32.0 Å². The van der Waals surface area contributed by atoms with Gasteiger partial charge < -0.3 is 9.80 Å². The van der Waals surface area contributed by atoms with Crippen molar-refractivity contribution < 1.29 is 9.59 Å². The van der Waals surface area contributed by atoms with Crippen LogP contribution < -0.4 is 0 Å². The maximum absolute atomic E-state index is 13.3. The summed E-state index contributed by atoms with van der Waals surface area (Å²) in [6.07, 6.45) is 3.74. The van der Waals surface area contributed by atoms with Gasteiger partial charge >= 0.3 is 0 Å². The third-order valence-corrected chi connectivity index (χ3v) is 6.49. The molecule has 1 fully saturated rings. The number of thiophene rings is 1. The Labute approximate surface area is 172 Å². The molecule has 2 amide bonds. The Hall–Kier alpha value is -2.14. The first-order valence-electron chi connectivity index (χ1n) is 10.1. The normalized spacial score (nSPS) is 19.5. The molecule has 3 rings (SSSR count). The summed E-state index contributed by atoms with van der Waals surface area (Å²) >= 11 is 1.72. The molecule has 0 aliphatic carbocycles. The van der Waals surface area contributed by atoms with Gasteiger partial charge in [0.05, 0.1) is 5.41 Å². The van der Waals surface area contributed by atoms with Crippen LogP contribution in [0.25, 0.3) is 10.4 Å². The summed E-state index contributed by atoms with van der Waals surface area (Å²) in [5, 5.41) is 2.08. The Bertz CT molecular complexity index is 816. The van der Waals surface area contributed by atoms with Crippen molar-refractivity contribution in [2.45, 2.75) is 39.0 Å². The van der Waals surface area contributed by atoms with Crippen LogP contribution in [0.1, 0.15) is 38.2 Å². The summed E-state index contributed by atoms with van der Waals surface area (Å²) in [5.41, 5.74) is 1.82. The van der Waals surface area contributed by atoms with E-state index in [-0.39, 0.29) is 11.8 Å². The average molecular weight is 399 g/mol. The van der Waals surface area contributed by atoms with E-state index in [1.54, 1.807) is 16.2 Å². The Balaban J connectivity index is 1.96. The first kappa shape index (κ1) is 20.6. The molecule has 28 heavy (non-hydrogen) atoms. The lowest BCUT2D eigenvalue weighted by Gasteiger charge is -2.43. The fraction of sp³-hybridized carbons (Fsp3) is 0.478. The summed E-state index contributed by atoms with van der Waals surface area (Å²) < 4.78 is 0. The Kier molecular flexibility index (Phi) is 6.55. The Morgan fingerprint density at radius 2 is 1.96 bits per heavy atom. The van der Waals surface area contributed by atoms with E-state index in [0.29, 0.717) is 19.4 Å². The molecule has 1 aliphatic rings. The molecule has 2 heterocycles. The number of rotatable bonds is 6. The number of likely N-dealkylation sites (tertiary alicyclic amines) is 1. The molecule has 0 saturated carbocycles. The van der Waals surface area contributed by atoms with Crippen LogP contribution >= 0.6 is 11.3 Å². The van der Waals surface area contributed by atoms with Crippen molar-refractivity contribution in [2.24, 2.45) is 5.41 Å². The van der Waals surface area contributed by atoms with Gasteiger partial charge in [-0.2, -0.15) is 0 Å². The summed E-state index contributed by atoms with van der Waals surface area (Å²) in [7, 11) is 3.64. The number of carbonyl (C=O) groups excluding carboxylic acids is 2. The average Bonchev–Trinajstić information content (AvgIpc) is 3.22. The molecule has 150 valence electrons. The van der Waals surface area contributed by atoms with Crippen LogP contribution in [0, 0.1) is 5.41 Å². The smallest absolute Gasteiger partial charge is 0.230 e. The van der Waals surface area contributed by atoms with Gasteiger partial charge in [0, 0.05) is 38.5 Å². The highest BCUT2D eigenvalue weighted by atomic mass is 32.1. The van der Waals surface area contributed by atoms with E-state index in [2.05, 4.69) is 35.7 Å². The van der Waals surface area contributed by atoms with E-state index in [4.69, 9.17) is 0 Å². The van der Waals surface area contributed by atoms with E-state index in [0.717, 1.165) is 25.8 Å². The second-order valence-electron chi connectivity index (χ2n) is 7.96. The lowest BCUT2D eigenvalue weighted by Crippen LogP contribution is -2.54. The van der Waals surface area contributed by atoms with Crippen molar-refractivity contribution in [3.05, 3.63) is 47.3 Å². The van der Waals surface area contributed by atoms with Crippen LogP contribution in [-0.2, 0) is 16.0 Å². The van der Waals surface area contributed by atoms with Gasteiger partial charge in [-0.15, -0.1) is 11.3 Å². The van der Waals surface area contributed by atoms with Crippen molar-refractivity contribution in [3.8, 4) is 10.4 Å². The third kappa shape index (κ3) is 4.30. The second-order valence-corrected chi connectivity index (χ2v) is 8.91. The standard InChI is InChI=1S/C23H30N2O2S/c1-4-9-21(26)25-14-8-13-23(17-25,22(27)24(2)3)16-18-10-5-6-11-19(18)20-12-7-15-28-20/h5-7,10-12,15H,4,8-9,13-14,16-17H2,1-3H3/t23-/m1/s1. The first-order chi connectivity index (χ1) is 13.5. The molecular weight excluding hydrogens is 368 g/mol. The molecule has 2 aromatic rings. The monoisotopic (exact) mass is 398 g/mol. The first-order valence-corrected chi connectivity index (χ1v) is 11.0. The van der Waals surface area contributed by atoms with Gasteiger partial charge in [0.15, 0.2) is 0 Å². The largest absolute Gasteiger partial charge is 0.348 e. The minimum absolute atomic E-state index is 0.127. The molecule has 1 aliphatic heterocycles. The lowest BCUT2D eigenvalue weighted by atomic mass is 9.73. The van der Waals surface area contributed by atoms with Crippen molar-refractivity contribution >= 4 is 23.2 Å². The van der Waals surface area contributed by atoms with E-state index in [1.165, 1.54) is 16.0 Å². The van der Waals surface area contributed by atoms with Crippen molar-refractivity contribution in [2.75, 3.05) is 27.2 Å². The van der Waals surface area contributed by atoms with Gasteiger partial charge in [-0.05, 0) is 48.3 Å². The summed E-state index contributed by atoms with van der Waals surface area (Å²) in [4.78, 5) is 30.8.